The van der Waals surface area contributed by atoms with E-state index in [2.05, 4.69) is 22.1 Å². The number of hydrogen-bond acceptors (Lipinski definition) is 6. The molecule has 1 aliphatic heterocycles. The summed E-state index contributed by atoms with van der Waals surface area (Å²) in [5.74, 6) is 7.62. The van der Waals surface area contributed by atoms with E-state index in [1.165, 1.54) is 0 Å². The van der Waals surface area contributed by atoms with Gasteiger partial charge in [0.1, 0.15) is 5.75 Å². The molecule has 0 radical (unpaired) electrons. The van der Waals surface area contributed by atoms with E-state index in [9.17, 15) is 9.59 Å². The van der Waals surface area contributed by atoms with Gasteiger partial charge in [0.05, 0.1) is 35.5 Å². The van der Waals surface area contributed by atoms with E-state index in [4.69, 9.17) is 4.74 Å². The Kier molecular flexibility index (Phi) is 5.87. The number of methoxy groups -OCH3 is 1. The Bertz CT molecular complexity index is 1220. The number of anilines is 1. The maximum absolute atomic E-state index is 11.9. The molecule has 4 rings (SSSR count). The highest BCUT2D eigenvalue weighted by atomic mass is 32.2. The lowest BCUT2D eigenvalue weighted by atomic mass is 10.0. The predicted octanol–water partition coefficient (Wildman–Crippen LogP) is 2.96. The largest absolute Gasteiger partial charge is 0.495 e. The minimum Gasteiger partial charge on any atom is -0.495 e. The SMILES string of the molecule is COc1ccc(CC2SC(=O)NC2=O)cc1C#CCN(C)c1nc2ccccc2n1C. The summed E-state index contributed by atoms with van der Waals surface area (Å²) < 4.78 is 7.48. The number of hydrogen-bond donors (Lipinski definition) is 1. The molecule has 158 valence electrons. The fourth-order valence-electron chi connectivity index (χ4n) is 3.52. The van der Waals surface area contributed by atoms with Gasteiger partial charge in [0.25, 0.3) is 5.24 Å². The molecule has 0 spiro atoms. The summed E-state index contributed by atoms with van der Waals surface area (Å²) in [6, 6.07) is 13.7. The van der Waals surface area contributed by atoms with E-state index in [0.717, 1.165) is 39.9 Å². The highest BCUT2D eigenvalue weighted by molar-refractivity contribution is 8.15. The lowest BCUT2D eigenvalue weighted by Gasteiger charge is -2.14. The first-order valence-corrected chi connectivity index (χ1v) is 10.6. The van der Waals surface area contributed by atoms with E-state index in [0.29, 0.717) is 18.7 Å². The van der Waals surface area contributed by atoms with Crippen molar-refractivity contribution in [3.63, 3.8) is 0 Å². The Balaban J connectivity index is 1.51. The minimum atomic E-state index is -0.412. The molecule has 1 N–H and O–H groups in total. The number of rotatable bonds is 5. The molecule has 1 aliphatic rings. The van der Waals surface area contributed by atoms with Crippen LogP contribution in [0, 0.1) is 11.8 Å². The molecule has 1 saturated heterocycles. The maximum atomic E-state index is 11.9. The van der Waals surface area contributed by atoms with Crippen LogP contribution in [0.3, 0.4) is 0 Å². The average molecular weight is 435 g/mol. The number of nitrogens with one attached hydrogen (secondary N) is 1. The molecule has 1 unspecified atom stereocenters. The Morgan fingerprint density at radius 1 is 1.26 bits per heavy atom. The average Bonchev–Trinajstić information content (AvgIpc) is 3.26. The first-order chi connectivity index (χ1) is 15.0. The smallest absolute Gasteiger partial charge is 0.286 e. The van der Waals surface area contributed by atoms with E-state index < -0.39 is 5.25 Å². The van der Waals surface area contributed by atoms with Crippen molar-refractivity contribution in [2.75, 3.05) is 25.6 Å². The normalized spacial score (nSPS) is 15.5. The van der Waals surface area contributed by atoms with Crippen molar-refractivity contribution < 1.29 is 14.3 Å². The highest BCUT2D eigenvalue weighted by Crippen LogP contribution is 2.26. The summed E-state index contributed by atoms with van der Waals surface area (Å²) in [4.78, 5) is 29.9. The van der Waals surface area contributed by atoms with Gasteiger partial charge < -0.3 is 14.2 Å². The van der Waals surface area contributed by atoms with Crippen molar-refractivity contribution in [1.29, 1.82) is 0 Å². The van der Waals surface area contributed by atoms with Crippen molar-refractivity contribution in [2.45, 2.75) is 11.7 Å². The van der Waals surface area contributed by atoms with Crippen LogP contribution in [0.4, 0.5) is 10.7 Å². The number of carbonyl (C=O) groups excluding carboxylic acids is 2. The summed E-state index contributed by atoms with van der Waals surface area (Å²) >= 11 is 1.02. The summed E-state index contributed by atoms with van der Waals surface area (Å²) in [6.45, 7) is 0.486. The van der Waals surface area contributed by atoms with Gasteiger partial charge in [0, 0.05) is 14.1 Å². The number of ether oxygens (including phenoxy) is 1. The maximum Gasteiger partial charge on any atom is 0.286 e. The van der Waals surface area contributed by atoms with Crippen molar-refractivity contribution in [2.24, 2.45) is 7.05 Å². The number of imidazole rings is 1. The lowest BCUT2D eigenvalue weighted by molar-refractivity contribution is -0.118. The van der Waals surface area contributed by atoms with Crippen molar-refractivity contribution >= 4 is 39.9 Å². The number of benzene rings is 2. The molecule has 8 heteroatoms. The van der Waals surface area contributed by atoms with Crippen molar-refractivity contribution in [3.8, 4) is 17.6 Å². The van der Waals surface area contributed by atoms with Crippen LogP contribution >= 0.6 is 11.8 Å². The molecule has 0 saturated carbocycles. The highest BCUT2D eigenvalue weighted by Gasteiger charge is 2.31. The van der Waals surface area contributed by atoms with E-state index >= 15 is 0 Å². The second-order valence-corrected chi connectivity index (χ2v) is 8.41. The third kappa shape index (κ3) is 4.37. The second-order valence-electron chi connectivity index (χ2n) is 7.24. The Labute approximate surface area is 184 Å². The van der Waals surface area contributed by atoms with Crippen LogP contribution in [0.2, 0.25) is 0 Å². The van der Waals surface area contributed by atoms with Crippen LogP contribution < -0.4 is 15.0 Å². The zero-order chi connectivity index (χ0) is 22.0. The minimum absolute atomic E-state index is 0.248. The number of aromatic nitrogens is 2. The Hall–Kier alpha value is -3.44. The molecule has 0 bridgehead atoms. The Morgan fingerprint density at radius 3 is 2.77 bits per heavy atom. The van der Waals surface area contributed by atoms with Gasteiger partial charge in [-0.15, -0.1) is 0 Å². The quantitative estimate of drug-likeness (QED) is 0.623. The van der Waals surface area contributed by atoms with Crippen LogP contribution in [0.1, 0.15) is 11.1 Å². The summed E-state index contributed by atoms with van der Waals surface area (Å²) in [7, 11) is 5.55. The zero-order valence-corrected chi connectivity index (χ0v) is 18.3. The molecule has 0 aliphatic carbocycles. The number of imide groups is 1. The third-order valence-corrected chi connectivity index (χ3v) is 6.08. The van der Waals surface area contributed by atoms with Gasteiger partial charge >= 0.3 is 0 Å². The van der Waals surface area contributed by atoms with Crippen LogP contribution in [0.25, 0.3) is 11.0 Å². The van der Waals surface area contributed by atoms with Gasteiger partial charge in [-0.3, -0.25) is 14.9 Å². The number of thioether (sulfide) groups is 1. The first-order valence-electron chi connectivity index (χ1n) is 9.76. The van der Waals surface area contributed by atoms with Crippen LogP contribution in [-0.4, -0.2) is 46.6 Å². The molecular weight excluding hydrogens is 412 g/mol. The topological polar surface area (TPSA) is 76.5 Å². The first kappa shape index (κ1) is 20.8. The van der Waals surface area contributed by atoms with Crippen LogP contribution in [-0.2, 0) is 18.3 Å². The third-order valence-electron chi connectivity index (χ3n) is 5.10. The van der Waals surface area contributed by atoms with Crippen molar-refractivity contribution in [3.05, 3.63) is 53.6 Å². The van der Waals surface area contributed by atoms with Gasteiger partial charge in [-0.05, 0) is 36.2 Å². The number of para-hydroxylation sites is 2. The molecule has 1 fully saturated rings. The summed E-state index contributed by atoms with van der Waals surface area (Å²) in [6.07, 6.45) is 0.459. The molecular formula is C23H22N4O3S. The summed E-state index contributed by atoms with van der Waals surface area (Å²) in [5, 5.41) is 1.61. The molecule has 2 aromatic carbocycles. The van der Waals surface area contributed by atoms with Crippen LogP contribution in [0.15, 0.2) is 42.5 Å². The van der Waals surface area contributed by atoms with Crippen LogP contribution in [0.5, 0.6) is 5.75 Å². The molecule has 2 amide bonds. The molecule has 1 atom stereocenters. The molecule has 2 heterocycles. The van der Waals surface area contributed by atoms with Gasteiger partial charge in [0.2, 0.25) is 11.9 Å². The van der Waals surface area contributed by atoms with Gasteiger partial charge in [-0.2, -0.15) is 0 Å². The van der Waals surface area contributed by atoms with E-state index in [-0.39, 0.29) is 11.1 Å². The van der Waals surface area contributed by atoms with Gasteiger partial charge in [0.15, 0.2) is 0 Å². The van der Waals surface area contributed by atoms with Gasteiger partial charge in [-0.25, -0.2) is 4.98 Å². The summed E-state index contributed by atoms with van der Waals surface area (Å²) in [5.41, 5.74) is 3.68. The number of fused-ring (bicyclic) bond motifs is 1. The van der Waals surface area contributed by atoms with Crippen molar-refractivity contribution in [1.82, 2.24) is 14.9 Å². The molecule has 3 aromatic rings. The predicted molar refractivity (Wildman–Crippen MR) is 122 cm³/mol. The number of aryl methyl sites for hydroxylation is 1. The fraction of sp³-hybridized carbons (Fsp3) is 0.261. The van der Waals surface area contributed by atoms with E-state index in [1.54, 1.807) is 7.11 Å². The second kappa shape index (κ2) is 8.74. The number of nitrogens with zero attached hydrogens (tertiary/aromatic N) is 3. The molecule has 31 heavy (non-hydrogen) atoms. The lowest BCUT2D eigenvalue weighted by Crippen LogP contribution is -2.25. The monoisotopic (exact) mass is 434 g/mol. The standard InChI is InChI=1S/C23H22N4O3S/c1-26(22-24-17-8-4-5-9-18(17)27(22)2)12-6-7-16-13-15(10-11-19(16)30-3)14-20-21(28)25-23(29)31-20/h4-5,8-11,13,20H,12,14H2,1-3H3,(H,25,28,29). The molecule has 7 nitrogen and oxygen atoms in total. The van der Waals surface area contributed by atoms with E-state index in [1.807, 2.05) is 66.0 Å². The number of carbonyl (C=O) groups is 2. The molecule has 1 aromatic heterocycles. The van der Waals surface area contributed by atoms with Gasteiger partial charge in [-0.1, -0.05) is 41.8 Å². The zero-order valence-electron chi connectivity index (χ0n) is 17.5. The fourth-order valence-corrected chi connectivity index (χ4v) is 4.38. The number of amides is 2. The Morgan fingerprint density at radius 2 is 2.06 bits per heavy atom.